The topological polar surface area (TPSA) is 39.2 Å². The molecule has 1 aliphatic rings. The number of ether oxygens (including phenoxy) is 1. The van der Waals surface area contributed by atoms with Crippen molar-refractivity contribution in [2.24, 2.45) is 0 Å². The molecule has 2 atom stereocenters. The van der Waals surface area contributed by atoms with Crippen LogP contribution in [-0.2, 0) is 4.74 Å². The van der Waals surface area contributed by atoms with Crippen molar-refractivity contribution >= 4 is 17.6 Å². The number of thiazole rings is 1. The summed E-state index contributed by atoms with van der Waals surface area (Å²) in [5, 5.41) is 2.71. The number of hydrogen-bond acceptors (Lipinski definition) is 4. The van der Waals surface area contributed by atoms with Crippen molar-refractivity contribution in [3.8, 4) is 0 Å². The van der Waals surface area contributed by atoms with Gasteiger partial charge in [0.25, 0.3) is 0 Å². The molecule has 1 saturated heterocycles. The van der Waals surface area contributed by atoms with Gasteiger partial charge in [-0.2, -0.15) is 0 Å². The average Bonchev–Trinajstić information content (AvgIpc) is 2.71. The van der Waals surface area contributed by atoms with Crippen LogP contribution in [0.4, 0.5) is 0 Å². The molecule has 1 aliphatic heterocycles. The fourth-order valence-electron chi connectivity index (χ4n) is 1.49. The highest BCUT2D eigenvalue weighted by Gasteiger charge is 2.25. The van der Waals surface area contributed by atoms with Crippen molar-refractivity contribution in [1.82, 2.24) is 4.98 Å². The molecule has 1 aromatic heterocycles. The van der Waals surface area contributed by atoms with E-state index < -0.39 is 0 Å². The van der Waals surface area contributed by atoms with Gasteiger partial charge in [0, 0.05) is 5.38 Å². The molecule has 13 heavy (non-hydrogen) atoms. The molecule has 0 aromatic carbocycles. The molecule has 0 amide bonds. The van der Waals surface area contributed by atoms with Gasteiger partial charge in [0.2, 0.25) is 0 Å². The van der Waals surface area contributed by atoms with E-state index in [4.69, 9.17) is 4.74 Å². The van der Waals surface area contributed by atoms with Crippen molar-refractivity contribution in [3.63, 3.8) is 0 Å². The highest BCUT2D eigenvalue weighted by atomic mass is 32.1. The summed E-state index contributed by atoms with van der Waals surface area (Å²) in [6.45, 7) is 2.06. The lowest BCUT2D eigenvalue weighted by Gasteiger charge is -2.06. The lowest BCUT2D eigenvalue weighted by Crippen LogP contribution is -2.00. The van der Waals surface area contributed by atoms with E-state index in [9.17, 15) is 4.79 Å². The van der Waals surface area contributed by atoms with Crippen LogP contribution in [0.25, 0.3) is 0 Å². The predicted octanol–water partition coefficient (Wildman–Crippen LogP) is 2.20. The zero-order chi connectivity index (χ0) is 9.26. The van der Waals surface area contributed by atoms with E-state index >= 15 is 0 Å². The third-order valence-corrected chi connectivity index (χ3v) is 3.12. The third kappa shape index (κ3) is 1.78. The summed E-state index contributed by atoms with van der Waals surface area (Å²) < 4.78 is 5.64. The number of carbonyl (C=O) groups is 1. The van der Waals surface area contributed by atoms with Crippen molar-refractivity contribution in [2.75, 3.05) is 0 Å². The van der Waals surface area contributed by atoms with E-state index in [2.05, 4.69) is 11.9 Å². The fourth-order valence-corrected chi connectivity index (χ4v) is 2.32. The average molecular weight is 197 g/mol. The molecule has 0 spiro atoms. The summed E-state index contributed by atoms with van der Waals surface area (Å²) >= 11 is 1.51. The molecule has 0 N–H and O–H groups in total. The van der Waals surface area contributed by atoms with Gasteiger partial charge in [0.1, 0.15) is 16.8 Å². The van der Waals surface area contributed by atoms with E-state index in [1.54, 1.807) is 5.38 Å². The molecule has 4 heteroatoms. The molecule has 70 valence electrons. The van der Waals surface area contributed by atoms with Gasteiger partial charge in [0.05, 0.1) is 6.10 Å². The number of rotatable bonds is 2. The van der Waals surface area contributed by atoms with Gasteiger partial charge in [-0.1, -0.05) is 0 Å². The van der Waals surface area contributed by atoms with E-state index in [-0.39, 0.29) is 6.10 Å². The van der Waals surface area contributed by atoms with Crippen LogP contribution in [0, 0.1) is 0 Å². The van der Waals surface area contributed by atoms with Gasteiger partial charge in [-0.25, -0.2) is 4.98 Å². The van der Waals surface area contributed by atoms with Crippen molar-refractivity contribution in [2.45, 2.75) is 32.0 Å². The van der Waals surface area contributed by atoms with Crippen molar-refractivity contribution in [1.29, 1.82) is 0 Å². The number of aromatic nitrogens is 1. The Bertz CT molecular complexity index is 310. The first-order chi connectivity index (χ1) is 6.29. The molecule has 2 heterocycles. The van der Waals surface area contributed by atoms with Gasteiger partial charge in [-0.05, 0) is 19.8 Å². The summed E-state index contributed by atoms with van der Waals surface area (Å²) in [5.41, 5.74) is 0.517. The highest BCUT2D eigenvalue weighted by Crippen LogP contribution is 2.33. The molecule has 3 nitrogen and oxygen atoms in total. The standard InChI is InChI=1S/C9H11NO2S/c1-6-2-3-8(12-6)9-10-7(4-11)5-13-9/h4-6,8H,2-3H2,1H3. The Balaban J connectivity index is 2.12. The van der Waals surface area contributed by atoms with Gasteiger partial charge in [-0.3, -0.25) is 4.79 Å². The van der Waals surface area contributed by atoms with Crippen LogP contribution in [0.3, 0.4) is 0 Å². The quantitative estimate of drug-likeness (QED) is 0.682. The second-order valence-corrected chi connectivity index (χ2v) is 4.13. The SMILES string of the molecule is CC1CCC(c2nc(C=O)cs2)O1. The highest BCUT2D eigenvalue weighted by molar-refractivity contribution is 7.09. The summed E-state index contributed by atoms with van der Waals surface area (Å²) in [7, 11) is 0. The van der Waals surface area contributed by atoms with Crippen molar-refractivity contribution < 1.29 is 9.53 Å². The van der Waals surface area contributed by atoms with E-state index in [0.717, 1.165) is 24.1 Å². The molecular weight excluding hydrogens is 186 g/mol. The summed E-state index contributed by atoms with van der Waals surface area (Å²) in [4.78, 5) is 14.6. The van der Waals surface area contributed by atoms with E-state index in [1.807, 2.05) is 0 Å². The number of carbonyl (C=O) groups excluding carboxylic acids is 1. The maximum atomic E-state index is 10.4. The Morgan fingerprint density at radius 3 is 3.08 bits per heavy atom. The minimum absolute atomic E-state index is 0.119. The molecule has 0 radical (unpaired) electrons. The molecule has 0 saturated carbocycles. The van der Waals surface area contributed by atoms with Crippen LogP contribution in [-0.4, -0.2) is 17.4 Å². The Morgan fingerprint density at radius 2 is 2.54 bits per heavy atom. The summed E-state index contributed by atoms with van der Waals surface area (Å²) in [6, 6.07) is 0. The van der Waals surface area contributed by atoms with Crippen LogP contribution >= 0.6 is 11.3 Å². The van der Waals surface area contributed by atoms with Gasteiger partial charge in [0.15, 0.2) is 6.29 Å². The molecule has 2 rings (SSSR count). The zero-order valence-corrected chi connectivity index (χ0v) is 8.21. The normalized spacial score (nSPS) is 27.8. The smallest absolute Gasteiger partial charge is 0.169 e. The van der Waals surface area contributed by atoms with Crippen LogP contribution in [0.1, 0.15) is 41.4 Å². The minimum Gasteiger partial charge on any atom is -0.368 e. The Morgan fingerprint density at radius 1 is 1.69 bits per heavy atom. The van der Waals surface area contributed by atoms with E-state index in [0.29, 0.717) is 11.8 Å². The summed E-state index contributed by atoms with van der Waals surface area (Å²) in [6.07, 6.45) is 3.33. The first-order valence-corrected chi connectivity index (χ1v) is 5.23. The Hall–Kier alpha value is -0.740. The third-order valence-electron chi connectivity index (χ3n) is 2.17. The molecular formula is C9H11NO2S. The number of aldehydes is 1. The first kappa shape index (κ1) is 8.84. The monoisotopic (exact) mass is 197 g/mol. The lowest BCUT2D eigenvalue weighted by atomic mass is 10.2. The summed E-state index contributed by atoms with van der Waals surface area (Å²) in [5.74, 6) is 0. The van der Waals surface area contributed by atoms with Gasteiger partial charge in [-0.15, -0.1) is 11.3 Å². The van der Waals surface area contributed by atoms with Crippen LogP contribution in [0.5, 0.6) is 0 Å². The molecule has 0 bridgehead atoms. The Labute approximate surface area is 80.8 Å². The molecule has 0 aliphatic carbocycles. The van der Waals surface area contributed by atoms with E-state index in [1.165, 1.54) is 11.3 Å². The molecule has 2 unspecified atom stereocenters. The zero-order valence-electron chi connectivity index (χ0n) is 7.40. The predicted molar refractivity (Wildman–Crippen MR) is 50.0 cm³/mol. The van der Waals surface area contributed by atoms with Crippen molar-refractivity contribution in [3.05, 3.63) is 16.1 Å². The van der Waals surface area contributed by atoms with Crippen LogP contribution in [0.2, 0.25) is 0 Å². The van der Waals surface area contributed by atoms with Gasteiger partial charge < -0.3 is 4.74 Å². The van der Waals surface area contributed by atoms with Gasteiger partial charge >= 0.3 is 0 Å². The number of nitrogens with zero attached hydrogens (tertiary/aromatic N) is 1. The minimum atomic E-state index is 0.119. The maximum Gasteiger partial charge on any atom is 0.169 e. The van der Waals surface area contributed by atoms with Crippen LogP contribution in [0.15, 0.2) is 5.38 Å². The second-order valence-electron chi connectivity index (χ2n) is 3.24. The first-order valence-electron chi connectivity index (χ1n) is 4.35. The lowest BCUT2D eigenvalue weighted by molar-refractivity contribution is 0.0553. The fraction of sp³-hybridized carbons (Fsp3) is 0.556. The molecule has 1 aromatic rings. The molecule has 1 fully saturated rings. The Kier molecular flexibility index (Phi) is 2.42. The maximum absolute atomic E-state index is 10.4. The second kappa shape index (κ2) is 3.55. The number of hydrogen-bond donors (Lipinski definition) is 0. The largest absolute Gasteiger partial charge is 0.368 e. The van der Waals surface area contributed by atoms with Crippen LogP contribution < -0.4 is 0 Å².